The van der Waals surface area contributed by atoms with E-state index < -0.39 is 23.1 Å². The highest BCUT2D eigenvalue weighted by Crippen LogP contribution is 2.66. The van der Waals surface area contributed by atoms with Gasteiger partial charge in [-0.3, -0.25) is 9.79 Å². The fourth-order valence-corrected chi connectivity index (χ4v) is 5.63. The van der Waals surface area contributed by atoms with Gasteiger partial charge >= 0.3 is 0 Å². The minimum Gasteiger partial charge on any atom is -0.463 e. The summed E-state index contributed by atoms with van der Waals surface area (Å²) in [5.41, 5.74) is 4.94. The Morgan fingerprint density at radius 1 is 1.39 bits per heavy atom. The molecule has 0 unspecified atom stereocenters. The van der Waals surface area contributed by atoms with Gasteiger partial charge in [-0.15, -0.1) is 6.42 Å². The van der Waals surface area contributed by atoms with Gasteiger partial charge in [0.15, 0.2) is 23.4 Å². The van der Waals surface area contributed by atoms with E-state index in [1.54, 1.807) is 14.0 Å². The SMILES string of the molecule is C#CCOc1cnc(C(=O)Nc2cc(F)c(F)c([C@@]3(C)N=C(N)S[C@@]4(COC)C[C@H]43)c2)cn1. The number of anilines is 1. The van der Waals surface area contributed by atoms with Crippen molar-refractivity contribution in [3.05, 3.63) is 47.4 Å². The van der Waals surface area contributed by atoms with E-state index in [-0.39, 0.29) is 45.3 Å². The first-order valence-corrected chi connectivity index (χ1v) is 10.8. The molecule has 1 aromatic carbocycles. The van der Waals surface area contributed by atoms with Crippen molar-refractivity contribution in [2.24, 2.45) is 16.6 Å². The van der Waals surface area contributed by atoms with Crippen molar-refractivity contribution in [1.82, 2.24) is 9.97 Å². The minimum absolute atomic E-state index is 0.00754. The summed E-state index contributed by atoms with van der Waals surface area (Å²) in [4.78, 5) is 25.0. The maximum absolute atomic E-state index is 15.0. The van der Waals surface area contributed by atoms with Crippen LogP contribution in [0.4, 0.5) is 14.5 Å². The molecular weight excluding hydrogens is 452 g/mol. The number of carbonyl (C=O) groups excluding carboxylic acids is 1. The third-order valence-electron chi connectivity index (χ3n) is 5.74. The Hall–Kier alpha value is -3.23. The van der Waals surface area contributed by atoms with Crippen LogP contribution in [-0.2, 0) is 10.3 Å². The smallest absolute Gasteiger partial charge is 0.275 e. The van der Waals surface area contributed by atoms with E-state index in [1.165, 1.54) is 30.2 Å². The summed E-state index contributed by atoms with van der Waals surface area (Å²) in [5.74, 6) is -0.469. The molecule has 3 N–H and O–H groups in total. The number of hydrogen-bond acceptors (Lipinski definition) is 8. The minimum atomic E-state index is -1.12. The highest BCUT2D eigenvalue weighted by atomic mass is 32.2. The van der Waals surface area contributed by atoms with E-state index in [0.717, 1.165) is 6.07 Å². The molecule has 8 nitrogen and oxygen atoms in total. The zero-order valence-corrected chi connectivity index (χ0v) is 18.7. The largest absolute Gasteiger partial charge is 0.463 e. The molecule has 1 saturated carbocycles. The zero-order valence-electron chi connectivity index (χ0n) is 17.9. The standard InChI is InChI=1S/C22H21F2N5O3S/c1-4-5-32-17-10-26-15(9-27-17)19(30)28-12-6-13(18(24)14(23)7-12)21(2)16-8-22(16,11-31-3)33-20(25)29-21/h1,6-7,9-10,16H,5,8,11H2,2-3H3,(H2,25,29)(H,28,30)/t16-,21+,22+/m0/s1. The van der Waals surface area contributed by atoms with Crippen LogP contribution in [0.5, 0.6) is 5.88 Å². The van der Waals surface area contributed by atoms with Gasteiger partial charge in [-0.2, -0.15) is 0 Å². The Kier molecular flexibility index (Phi) is 5.99. The van der Waals surface area contributed by atoms with Crippen LogP contribution >= 0.6 is 11.8 Å². The number of amidine groups is 1. The van der Waals surface area contributed by atoms with E-state index in [1.807, 2.05) is 0 Å². The number of fused-ring (bicyclic) bond motifs is 1. The lowest BCUT2D eigenvalue weighted by atomic mass is 9.85. The third-order valence-corrected chi connectivity index (χ3v) is 7.01. The fraction of sp³-hybridized carbons (Fsp3) is 0.364. The predicted octanol–water partition coefficient (Wildman–Crippen LogP) is 2.70. The number of benzene rings is 1. The molecule has 4 rings (SSSR count). The van der Waals surface area contributed by atoms with E-state index in [9.17, 15) is 13.6 Å². The molecule has 1 aliphatic carbocycles. The first-order chi connectivity index (χ1) is 15.7. The lowest BCUT2D eigenvalue weighted by Crippen LogP contribution is -2.38. The third kappa shape index (κ3) is 4.24. The van der Waals surface area contributed by atoms with E-state index in [4.69, 9.17) is 21.6 Å². The molecule has 172 valence electrons. The quantitative estimate of drug-likeness (QED) is 0.595. The second-order valence-corrected chi connectivity index (χ2v) is 9.40. The average Bonchev–Trinajstić information content (AvgIpc) is 3.49. The number of aliphatic imine (C=N–C) groups is 1. The number of terminal acetylenes is 1. The first-order valence-electron chi connectivity index (χ1n) is 9.95. The molecule has 2 heterocycles. The molecule has 0 spiro atoms. The summed E-state index contributed by atoms with van der Waals surface area (Å²) in [7, 11) is 1.58. The number of halogens is 2. The van der Waals surface area contributed by atoms with Gasteiger partial charge in [0.1, 0.15) is 5.69 Å². The van der Waals surface area contributed by atoms with Gasteiger partial charge in [0.05, 0.1) is 29.3 Å². The number of hydrogen-bond donors (Lipinski definition) is 2. The number of nitrogens with one attached hydrogen (secondary N) is 1. The molecule has 0 saturated heterocycles. The molecule has 0 bridgehead atoms. The van der Waals surface area contributed by atoms with Crippen molar-refractivity contribution in [3.63, 3.8) is 0 Å². The number of rotatable bonds is 7. The number of carbonyl (C=O) groups is 1. The van der Waals surface area contributed by atoms with Crippen LogP contribution in [-0.4, -0.2) is 46.1 Å². The summed E-state index contributed by atoms with van der Waals surface area (Å²) in [6, 6.07) is 2.27. The summed E-state index contributed by atoms with van der Waals surface area (Å²) < 4.78 is 39.6. The molecule has 1 aliphatic heterocycles. The molecule has 0 radical (unpaired) electrons. The van der Waals surface area contributed by atoms with Gasteiger partial charge in [0.2, 0.25) is 5.88 Å². The molecular formula is C22H21F2N5O3S. The van der Waals surface area contributed by atoms with Crippen molar-refractivity contribution in [3.8, 4) is 18.2 Å². The Morgan fingerprint density at radius 3 is 2.85 bits per heavy atom. The average molecular weight is 474 g/mol. The fourth-order valence-electron chi connectivity index (χ4n) is 4.18. The predicted molar refractivity (Wildman–Crippen MR) is 120 cm³/mol. The molecule has 2 aromatic rings. The summed E-state index contributed by atoms with van der Waals surface area (Å²) >= 11 is 1.39. The second-order valence-electron chi connectivity index (χ2n) is 7.96. The Bertz CT molecular complexity index is 1170. The zero-order chi connectivity index (χ0) is 23.8. The number of amides is 1. The van der Waals surface area contributed by atoms with Crippen LogP contribution in [0.3, 0.4) is 0 Å². The van der Waals surface area contributed by atoms with Crippen LogP contribution in [0.25, 0.3) is 0 Å². The normalized spacial score (nSPS) is 25.4. The van der Waals surface area contributed by atoms with Crippen molar-refractivity contribution in [2.45, 2.75) is 23.6 Å². The second kappa shape index (κ2) is 8.61. The molecule has 33 heavy (non-hydrogen) atoms. The van der Waals surface area contributed by atoms with Crippen LogP contribution in [0, 0.1) is 29.9 Å². The lowest BCUT2D eigenvalue weighted by Gasteiger charge is -2.34. The maximum Gasteiger partial charge on any atom is 0.275 e. The number of ether oxygens (including phenoxy) is 2. The van der Waals surface area contributed by atoms with Gasteiger partial charge in [-0.25, -0.2) is 18.7 Å². The topological polar surface area (TPSA) is 112 Å². The van der Waals surface area contributed by atoms with Crippen LogP contribution in [0.15, 0.2) is 29.5 Å². The number of nitrogens with zero attached hydrogens (tertiary/aromatic N) is 3. The van der Waals surface area contributed by atoms with E-state index >= 15 is 0 Å². The molecule has 1 aromatic heterocycles. The Morgan fingerprint density at radius 2 is 2.18 bits per heavy atom. The summed E-state index contributed by atoms with van der Waals surface area (Å²) in [6.07, 6.45) is 8.23. The van der Waals surface area contributed by atoms with Crippen LogP contribution in [0.2, 0.25) is 0 Å². The number of thioether (sulfide) groups is 1. The molecule has 2 aliphatic rings. The van der Waals surface area contributed by atoms with Crippen molar-refractivity contribution in [2.75, 3.05) is 25.6 Å². The van der Waals surface area contributed by atoms with E-state index in [2.05, 4.69) is 26.2 Å². The van der Waals surface area contributed by atoms with Gasteiger partial charge < -0.3 is 20.5 Å². The lowest BCUT2D eigenvalue weighted by molar-refractivity contribution is 0.102. The number of aromatic nitrogens is 2. The van der Waals surface area contributed by atoms with Gasteiger partial charge in [-0.1, -0.05) is 17.7 Å². The Balaban J connectivity index is 1.61. The number of methoxy groups -OCH3 is 1. The summed E-state index contributed by atoms with van der Waals surface area (Å²) in [5, 5.41) is 2.81. The molecule has 1 amide bonds. The molecule has 11 heteroatoms. The maximum atomic E-state index is 15.0. The highest BCUT2D eigenvalue weighted by molar-refractivity contribution is 8.15. The number of nitrogens with two attached hydrogens (primary N) is 1. The van der Waals surface area contributed by atoms with E-state index in [0.29, 0.717) is 13.0 Å². The van der Waals surface area contributed by atoms with Crippen LogP contribution < -0.4 is 15.8 Å². The van der Waals surface area contributed by atoms with Crippen molar-refractivity contribution < 1.29 is 23.0 Å². The highest BCUT2D eigenvalue weighted by Gasteiger charge is 2.66. The molecule has 1 fully saturated rings. The van der Waals surface area contributed by atoms with Gasteiger partial charge in [0.25, 0.3) is 5.91 Å². The Labute approximate surface area is 193 Å². The van der Waals surface area contributed by atoms with Crippen molar-refractivity contribution >= 4 is 28.5 Å². The summed E-state index contributed by atoms with van der Waals surface area (Å²) in [6.45, 7) is 2.13. The molecule has 3 atom stereocenters. The van der Waals surface area contributed by atoms with Crippen molar-refractivity contribution in [1.29, 1.82) is 0 Å². The van der Waals surface area contributed by atoms with Crippen LogP contribution in [0.1, 0.15) is 29.4 Å². The van der Waals surface area contributed by atoms with Gasteiger partial charge in [0, 0.05) is 30.3 Å². The first kappa shape index (κ1) is 22.9. The van der Waals surface area contributed by atoms with Gasteiger partial charge in [-0.05, 0) is 19.4 Å². The monoisotopic (exact) mass is 473 g/mol.